The Balaban J connectivity index is 2.06. The summed E-state index contributed by atoms with van der Waals surface area (Å²) < 4.78 is 99.1. The van der Waals surface area contributed by atoms with Crippen LogP contribution < -0.4 is 14.8 Å². The molecule has 0 aliphatic rings. The first-order chi connectivity index (χ1) is 15.7. The molecule has 0 spiro atoms. The highest BCUT2D eigenvalue weighted by atomic mass is 35.5. The fourth-order valence-electron chi connectivity index (χ4n) is 2.41. The van der Waals surface area contributed by atoms with Crippen LogP contribution in [0.2, 0.25) is 5.02 Å². The molecule has 180 valence electrons. The molecule has 0 saturated heterocycles. The summed E-state index contributed by atoms with van der Waals surface area (Å²) >= 11 is 5.76. The number of benzene rings is 1. The van der Waals surface area contributed by atoms with Crippen molar-refractivity contribution in [3.63, 3.8) is 0 Å². The van der Waals surface area contributed by atoms with Crippen molar-refractivity contribution in [2.75, 3.05) is 0 Å². The number of rotatable bonds is 4. The van der Waals surface area contributed by atoms with E-state index in [1.54, 1.807) is 0 Å². The van der Waals surface area contributed by atoms with E-state index in [9.17, 15) is 35.5 Å². The van der Waals surface area contributed by atoms with Gasteiger partial charge in [0.2, 0.25) is 0 Å². The van der Waals surface area contributed by atoms with E-state index in [1.807, 2.05) is 0 Å². The summed E-state index contributed by atoms with van der Waals surface area (Å²) in [4.78, 5) is 19.6. The van der Waals surface area contributed by atoms with Crippen LogP contribution in [0.5, 0.6) is 17.2 Å². The fraction of sp³-hybridized carbons (Fsp3) is 0.111. The van der Waals surface area contributed by atoms with Crippen LogP contribution in [0.3, 0.4) is 0 Å². The topological polar surface area (TPSA) is 98.8 Å². The Morgan fingerprint density at radius 2 is 1.79 bits per heavy atom. The molecule has 2 aromatic heterocycles. The average Bonchev–Trinajstić information content (AvgIpc) is 2.70. The SMILES string of the molecule is O=C(N=c1ccn(O)nc1)c1c(Oc2ccc(OC(F)(F)F)c(F)c2)cnc(C(F)(F)F)c1Cl. The molecular formula is C18H8ClF7N4O4. The predicted molar refractivity (Wildman–Crippen MR) is 96.7 cm³/mol. The molecule has 3 aromatic rings. The van der Waals surface area contributed by atoms with E-state index in [4.69, 9.17) is 21.5 Å². The predicted octanol–water partition coefficient (Wildman–Crippen LogP) is 4.76. The second-order valence-electron chi connectivity index (χ2n) is 6.12. The van der Waals surface area contributed by atoms with Crippen LogP contribution in [-0.4, -0.2) is 32.4 Å². The van der Waals surface area contributed by atoms with Crippen molar-refractivity contribution in [1.82, 2.24) is 14.9 Å². The third kappa shape index (κ3) is 5.92. The molecule has 0 atom stereocenters. The van der Waals surface area contributed by atoms with E-state index >= 15 is 0 Å². The highest BCUT2D eigenvalue weighted by Crippen LogP contribution is 2.40. The average molecular weight is 513 g/mol. The van der Waals surface area contributed by atoms with Crippen molar-refractivity contribution < 1.29 is 50.2 Å². The molecule has 8 nitrogen and oxygen atoms in total. The Labute approximate surface area is 188 Å². The molecule has 1 amide bonds. The van der Waals surface area contributed by atoms with Gasteiger partial charge in [0.25, 0.3) is 5.91 Å². The summed E-state index contributed by atoms with van der Waals surface area (Å²) in [7, 11) is 0. The van der Waals surface area contributed by atoms with Gasteiger partial charge in [-0.25, -0.2) is 14.4 Å². The lowest BCUT2D eigenvalue weighted by Gasteiger charge is -2.15. The normalized spacial score (nSPS) is 12.5. The minimum Gasteiger partial charge on any atom is -0.455 e. The molecule has 1 N–H and O–H groups in total. The van der Waals surface area contributed by atoms with E-state index in [0.717, 1.165) is 24.5 Å². The quantitative estimate of drug-likeness (QED) is 0.400. The molecule has 3 rings (SSSR count). The first kappa shape index (κ1) is 24.8. The smallest absolute Gasteiger partial charge is 0.455 e. The summed E-state index contributed by atoms with van der Waals surface area (Å²) in [6, 6.07) is 2.85. The lowest BCUT2D eigenvalue weighted by molar-refractivity contribution is -0.275. The largest absolute Gasteiger partial charge is 0.573 e. The third-order valence-corrected chi connectivity index (χ3v) is 4.11. The number of amides is 1. The Hall–Kier alpha value is -3.88. The minimum atomic E-state index is -5.18. The van der Waals surface area contributed by atoms with E-state index in [0.29, 0.717) is 23.2 Å². The van der Waals surface area contributed by atoms with E-state index < -0.39 is 57.8 Å². The zero-order valence-electron chi connectivity index (χ0n) is 16.0. The van der Waals surface area contributed by atoms with Gasteiger partial charge < -0.3 is 14.7 Å². The molecule has 1 aromatic carbocycles. The number of carbonyl (C=O) groups excluding carboxylic acids is 1. The maximum atomic E-state index is 14.0. The molecule has 16 heteroatoms. The second kappa shape index (κ2) is 9.17. The highest BCUT2D eigenvalue weighted by molar-refractivity contribution is 6.35. The van der Waals surface area contributed by atoms with Gasteiger partial charge in [0.1, 0.15) is 11.3 Å². The standard InChI is InChI=1S/C18H8ClF7N4O4/c19-14-13(16(31)29-8-3-4-30(32)28-6-8)12(7-27-15(14)17(21,22)23)33-9-1-2-11(10(20)5-9)34-18(24,25)26/h1-7,32H. The molecule has 0 aliphatic carbocycles. The van der Waals surface area contributed by atoms with Gasteiger partial charge in [0.15, 0.2) is 23.0 Å². The summed E-state index contributed by atoms with van der Waals surface area (Å²) in [5.41, 5.74) is -2.58. The molecule has 0 aliphatic heterocycles. The van der Waals surface area contributed by atoms with E-state index in [-0.39, 0.29) is 5.36 Å². The number of hydrogen-bond acceptors (Lipinski definition) is 6. The summed E-state index contributed by atoms with van der Waals surface area (Å²) in [5.74, 6) is -5.32. The number of aromatic nitrogens is 3. The number of ether oxygens (including phenoxy) is 2. The summed E-state index contributed by atoms with van der Waals surface area (Å²) in [6.07, 6.45) is -7.94. The van der Waals surface area contributed by atoms with Gasteiger partial charge in [-0.3, -0.25) is 4.79 Å². The Bertz CT molecular complexity index is 1290. The van der Waals surface area contributed by atoms with Crippen molar-refractivity contribution in [3.05, 3.63) is 70.3 Å². The lowest BCUT2D eigenvalue weighted by atomic mass is 10.2. The van der Waals surface area contributed by atoms with Crippen molar-refractivity contribution in [3.8, 4) is 17.2 Å². The molecule has 0 bridgehead atoms. The van der Waals surface area contributed by atoms with Gasteiger partial charge in [-0.05, 0) is 18.2 Å². The molecule has 0 saturated carbocycles. The van der Waals surface area contributed by atoms with E-state index in [2.05, 4.69) is 19.8 Å². The van der Waals surface area contributed by atoms with Crippen molar-refractivity contribution >= 4 is 17.5 Å². The number of nitrogens with zero attached hydrogens (tertiary/aromatic N) is 4. The number of halogens is 8. The van der Waals surface area contributed by atoms with Crippen molar-refractivity contribution in [2.24, 2.45) is 4.99 Å². The Kier molecular flexibility index (Phi) is 6.67. The van der Waals surface area contributed by atoms with Gasteiger partial charge in [0.05, 0.1) is 29.0 Å². The van der Waals surface area contributed by atoms with Crippen molar-refractivity contribution in [2.45, 2.75) is 12.5 Å². The maximum absolute atomic E-state index is 14.0. The fourth-order valence-corrected chi connectivity index (χ4v) is 2.74. The van der Waals surface area contributed by atoms with Gasteiger partial charge in [-0.1, -0.05) is 11.6 Å². The Morgan fingerprint density at radius 3 is 2.35 bits per heavy atom. The first-order valence-electron chi connectivity index (χ1n) is 8.57. The number of hydrogen-bond donors (Lipinski definition) is 1. The first-order valence-corrected chi connectivity index (χ1v) is 8.94. The van der Waals surface area contributed by atoms with Crippen molar-refractivity contribution in [1.29, 1.82) is 0 Å². The van der Waals surface area contributed by atoms with Crippen LogP contribution in [0.25, 0.3) is 0 Å². The van der Waals surface area contributed by atoms with Crippen LogP contribution in [0.1, 0.15) is 16.1 Å². The number of carbonyl (C=O) groups is 1. The van der Waals surface area contributed by atoms with Crippen LogP contribution in [0.4, 0.5) is 30.7 Å². The lowest BCUT2D eigenvalue weighted by Crippen LogP contribution is -2.18. The van der Waals surface area contributed by atoms with Gasteiger partial charge in [-0.2, -0.15) is 13.2 Å². The van der Waals surface area contributed by atoms with Crippen LogP contribution in [-0.2, 0) is 6.18 Å². The summed E-state index contributed by atoms with van der Waals surface area (Å²) in [5, 5.41) is 11.1. The Morgan fingerprint density at radius 1 is 1.09 bits per heavy atom. The molecule has 34 heavy (non-hydrogen) atoms. The third-order valence-electron chi connectivity index (χ3n) is 3.74. The zero-order chi connectivity index (χ0) is 25.3. The second-order valence-corrected chi connectivity index (χ2v) is 6.50. The number of pyridine rings is 1. The molecule has 2 heterocycles. The van der Waals surface area contributed by atoms with Gasteiger partial charge in [0, 0.05) is 6.07 Å². The molecular weight excluding hydrogens is 505 g/mol. The molecule has 0 radical (unpaired) electrons. The molecule has 0 fully saturated rings. The van der Waals surface area contributed by atoms with Crippen LogP contribution >= 0.6 is 11.6 Å². The van der Waals surface area contributed by atoms with Crippen LogP contribution in [0, 0.1) is 5.82 Å². The minimum absolute atomic E-state index is 0.192. The van der Waals surface area contributed by atoms with E-state index in [1.165, 1.54) is 0 Å². The van der Waals surface area contributed by atoms with Crippen LogP contribution in [0.15, 0.2) is 47.8 Å². The zero-order valence-corrected chi connectivity index (χ0v) is 16.8. The number of alkyl halides is 6. The monoisotopic (exact) mass is 512 g/mol. The van der Waals surface area contributed by atoms with Gasteiger partial charge >= 0.3 is 12.5 Å². The maximum Gasteiger partial charge on any atom is 0.573 e. The van der Waals surface area contributed by atoms with Gasteiger partial charge in [-0.15, -0.1) is 23.1 Å². The summed E-state index contributed by atoms with van der Waals surface area (Å²) in [6.45, 7) is 0. The molecule has 0 unspecified atom stereocenters. The highest BCUT2D eigenvalue weighted by Gasteiger charge is 2.38.